The van der Waals surface area contributed by atoms with Gasteiger partial charge in [0.2, 0.25) is 10.0 Å². The lowest BCUT2D eigenvalue weighted by molar-refractivity contribution is -0.0645. The summed E-state index contributed by atoms with van der Waals surface area (Å²) in [7, 11) is -3.66. The molecule has 1 fully saturated rings. The van der Waals surface area contributed by atoms with Crippen LogP contribution in [0.3, 0.4) is 0 Å². The maximum Gasteiger partial charge on any atom is 0.240 e. The van der Waals surface area contributed by atoms with Gasteiger partial charge < -0.3 is 5.11 Å². The van der Waals surface area contributed by atoms with Gasteiger partial charge in [0.15, 0.2) is 0 Å². The second-order valence-corrected chi connectivity index (χ2v) is 7.10. The van der Waals surface area contributed by atoms with Gasteiger partial charge in [-0.15, -0.1) is 0 Å². The Hall–Kier alpha value is -1.42. The Labute approximate surface area is 112 Å². The van der Waals surface area contributed by atoms with Crippen molar-refractivity contribution in [2.75, 3.05) is 0 Å². The number of sulfonamides is 1. The van der Waals surface area contributed by atoms with Crippen molar-refractivity contribution in [3.05, 3.63) is 29.8 Å². The second kappa shape index (κ2) is 4.60. The van der Waals surface area contributed by atoms with Gasteiger partial charge in [-0.05, 0) is 24.6 Å². The van der Waals surface area contributed by atoms with Gasteiger partial charge in [-0.2, -0.15) is 5.26 Å². The molecule has 1 aromatic carbocycles. The van der Waals surface area contributed by atoms with Crippen LogP contribution < -0.4 is 4.72 Å². The predicted molar refractivity (Wildman–Crippen MR) is 69.7 cm³/mol. The van der Waals surface area contributed by atoms with Gasteiger partial charge >= 0.3 is 0 Å². The minimum atomic E-state index is -3.66. The molecule has 5 nitrogen and oxygen atoms in total. The molecule has 0 aliphatic heterocycles. The highest BCUT2D eigenvalue weighted by atomic mass is 32.2. The number of rotatable bonds is 3. The maximum absolute atomic E-state index is 12.2. The Morgan fingerprint density at radius 1 is 1.47 bits per heavy atom. The highest BCUT2D eigenvalue weighted by molar-refractivity contribution is 7.89. The number of nitriles is 1. The van der Waals surface area contributed by atoms with Gasteiger partial charge in [0, 0.05) is 11.5 Å². The van der Waals surface area contributed by atoms with E-state index in [0.717, 1.165) is 0 Å². The van der Waals surface area contributed by atoms with E-state index < -0.39 is 21.5 Å². The molecule has 0 spiro atoms. The van der Waals surface area contributed by atoms with Crippen LogP contribution in [0.2, 0.25) is 0 Å². The van der Waals surface area contributed by atoms with Gasteiger partial charge in [0.25, 0.3) is 0 Å². The zero-order chi connectivity index (χ0) is 14.3. The standard InChI is InChI=1S/C13H16N2O3S/c1-13(2)11(7-12(13)16)15-19(17,18)10-5-3-4-9(6-10)8-14/h3-6,11-12,15-16H,7H2,1-2H3. The molecule has 2 unspecified atom stereocenters. The van der Waals surface area contributed by atoms with Crippen LogP contribution in [0, 0.1) is 16.7 Å². The van der Waals surface area contributed by atoms with E-state index in [1.807, 2.05) is 19.9 Å². The van der Waals surface area contributed by atoms with Crippen molar-refractivity contribution < 1.29 is 13.5 Å². The summed E-state index contributed by atoms with van der Waals surface area (Å²) in [6.45, 7) is 3.64. The molecule has 6 heteroatoms. The van der Waals surface area contributed by atoms with E-state index in [-0.39, 0.29) is 10.9 Å². The summed E-state index contributed by atoms with van der Waals surface area (Å²) in [6, 6.07) is 7.49. The third-order valence-electron chi connectivity index (χ3n) is 3.79. The normalized spacial score (nSPS) is 25.4. The summed E-state index contributed by atoms with van der Waals surface area (Å²) in [5.41, 5.74) is -0.171. The molecule has 2 atom stereocenters. The molecule has 1 aromatic rings. The molecule has 0 aromatic heterocycles. The second-order valence-electron chi connectivity index (χ2n) is 5.39. The summed E-state index contributed by atoms with van der Waals surface area (Å²) in [4.78, 5) is 0.0729. The van der Waals surface area contributed by atoms with Crippen LogP contribution in [0.15, 0.2) is 29.2 Å². The van der Waals surface area contributed by atoms with E-state index in [2.05, 4.69) is 4.72 Å². The summed E-state index contributed by atoms with van der Waals surface area (Å²) < 4.78 is 27.0. The zero-order valence-corrected chi connectivity index (χ0v) is 11.6. The van der Waals surface area contributed by atoms with Crippen molar-refractivity contribution in [1.29, 1.82) is 5.26 Å². The number of nitrogens with zero attached hydrogens (tertiary/aromatic N) is 1. The molecule has 0 bridgehead atoms. The first kappa shape index (κ1) is 14.0. The van der Waals surface area contributed by atoms with Crippen molar-refractivity contribution in [1.82, 2.24) is 4.72 Å². The molecule has 0 radical (unpaired) electrons. The third-order valence-corrected chi connectivity index (χ3v) is 5.26. The lowest BCUT2D eigenvalue weighted by Crippen LogP contribution is -2.61. The van der Waals surface area contributed by atoms with Gasteiger partial charge in [-0.3, -0.25) is 0 Å². The van der Waals surface area contributed by atoms with E-state index >= 15 is 0 Å². The van der Waals surface area contributed by atoms with Crippen LogP contribution in [-0.4, -0.2) is 25.7 Å². The molecule has 0 amide bonds. The van der Waals surface area contributed by atoms with E-state index in [4.69, 9.17) is 5.26 Å². The van der Waals surface area contributed by atoms with Crippen molar-refractivity contribution >= 4 is 10.0 Å². The molecule has 2 rings (SSSR count). The van der Waals surface area contributed by atoms with Crippen LogP contribution in [0.1, 0.15) is 25.8 Å². The topological polar surface area (TPSA) is 90.2 Å². The van der Waals surface area contributed by atoms with Gasteiger partial charge in [0.05, 0.1) is 22.6 Å². The number of aliphatic hydroxyl groups excluding tert-OH is 1. The molecule has 0 saturated heterocycles. The Kier molecular flexibility index (Phi) is 3.39. The fraction of sp³-hybridized carbons (Fsp3) is 0.462. The SMILES string of the molecule is CC1(C)C(O)CC1NS(=O)(=O)c1cccc(C#N)c1. The van der Waals surface area contributed by atoms with Crippen LogP contribution in [0.4, 0.5) is 0 Å². The summed E-state index contributed by atoms with van der Waals surface area (Å²) in [5, 5.41) is 18.4. The van der Waals surface area contributed by atoms with Gasteiger partial charge in [-0.25, -0.2) is 13.1 Å². The number of benzene rings is 1. The van der Waals surface area contributed by atoms with Crippen LogP contribution in [-0.2, 0) is 10.0 Å². The Morgan fingerprint density at radius 3 is 2.68 bits per heavy atom. The van der Waals surface area contributed by atoms with Crippen molar-refractivity contribution in [2.24, 2.45) is 5.41 Å². The van der Waals surface area contributed by atoms with E-state index in [1.54, 1.807) is 6.07 Å². The van der Waals surface area contributed by atoms with Crippen molar-refractivity contribution in [3.8, 4) is 6.07 Å². The molecule has 1 saturated carbocycles. The first-order valence-corrected chi connectivity index (χ1v) is 7.46. The third kappa shape index (κ3) is 2.50. The number of hydrogen-bond donors (Lipinski definition) is 2. The average molecular weight is 280 g/mol. The largest absolute Gasteiger partial charge is 0.392 e. The molecule has 19 heavy (non-hydrogen) atoms. The van der Waals surface area contributed by atoms with Crippen LogP contribution in [0.5, 0.6) is 0 Å². The quantitative estimate of drug-likeness (QED) is 0.864. The molecular weight excluding hydrogens is 264 g/mol. The minimum absolute atomic E-state index is 0.0729. The van der Waals surface area contributed by atoms with E-state index in [9.17, 15) is 13.5 Å². The lowest BCUT2D eigenvalue weighted by atomic mass is 9.65. The van der Waals surface area contributed by atoms with Crippen molar-refractivity contribution in [3.63, 3.8) is 0 Å². The fourth-order valence-corrected chi connectivity index (χ4v) is 3.54. The van der Waals surface area contributed by atoms with Crippen molar-refractivity contribution in [2.45, 2.75) is 37.3 Å². The number of aliphatic hydroxyl groups is 1. The smallest absolute Gasteiger partial charge is 0.240 e. The highest BCUT2D eigenvalue weighted by Gasteiger charge is 2.48. The average Bonchev–Trinajstić information content (AvgIpc) is 2.38. The Morgan fingerprint density at radius 2 is 2.16 bits per heavy atom. The predicted octanol–water partition coefficient (Wildman–Crippen LogP) is 0.996. The van der Waals surface area contributed by atoms with Gasteiger partial charge in [-0.1, -0.05) is 19.9 Å². The van der Waals surface area contributed by atoms with E-state index in [0.29, 0.717) is 12.0 Å². The summed E-state index contributed by atoms with van der Waals surface area (Å²) in [5.74, 6) is 0. The molecule has 1 aliphatic rings. The zero-order valence-electron chi connectivity index (χ0n) is 10.8. The molecule has 0 heterocycles. The molecular formula is C13H16N2O3S. The Bertz CT molecular complexity index is 632. The molecule has 102 valence electrons. The first-order chi connectivity index (χ1) is 8.77. The highest BCUT2D eigenvalue weighted by Crippen LogP contribution is 2.41. The maximum atomic E-state index is 12.2. The summed E-state index contributed by atoms with van der Waals surface area (Å²) in [6.07, 6.45) is -0.0879. The summed E-state index contributed by atoms with van der Waals surface area (Å²) >= 11 is 0. The monoisotopic (exact) mass is 280 g/mol. The van der Waals surface area contributed by atoms with Crippen LogP contribution in [0.25, 0.3) is 0 Å². The molecule has 2 N–H and O–H groups in total. The lowest BCUT2D eigenvalue weighted by Gasteiger charge is -2.49. The number of hydrogen-bond acceptors (Lipinski definition) is 4. The fourth-order valence-electron chi connectivity index (χ4n) is 2.09. The van der Waals surface area contributed by atoms with Gasteiger partial charge in [0.1, 0.15) is 0 Å². The Balaban J connectivity index is 2.22. The van der Waals surface area contributed by atoms with Crippen LogP contribution >= 0.6 is 0 Å². The molecule has 1 aliphatic carbocycles. The minimum Gasteiger partial charge on any atom is -0.392 e. The van der Waals surface area contributed by atoms with E-state index in [1.165, 1.54) is 18.2 Å². The number of nitrogens with one attached hydrogen (secondary N) is 1. The first-order valence-electron chi connectivity index (χ1n) is 5.98.